The lowest BCUT2D eigenvalue weighted by atomic mass is 10.3. The Kier molecular flexibility index (Phi) is 4.72. The van der Waals surface area contributed by atoms with Crippen molar-refractivity contribution < 1.29 is 18.4 Å². The molecule has 0 atom stereocenters. The van der Waals surface area contributed by atoms with Gasteiger partial charge in [-0.2, -0.15) is 0 Å². The third-order valence-electron chi connectivity index (χ3n) is 2.39. The lowest BCUT2D eigenvalue weighted by Gasteiger charge is -2.07. The molecule has 0 saturated carbocycles. The van der Waals surface area contributed by atoms with Gasteiger partial charge in [-0.3, -0.25) is 9.63 Å². The van der Waals surface area contributed by atoms with Gasteiger partial charge in [0.15, 0.2) is 11.6 Å². The highest BCUT2D eigenvalue weighted by Gasteiger charge is 2.08. The summed E-state index contributed by atoms with van der Waals surface area (Å²) in [6.07, 6.45) is 2.17. The molecule has 0 spiro atoms. The molecular formula is C13H12F2N4O2. The van der Waals surface area contributed by atoms with Gasteiger partial charge in [0.25, 0.3) is 5.91 Å². The molecule has 0 aromatic carbocycles. The van der Waals surface area contributed by atoms with Gasteiger partial charge in [-0.05, 0) is 19.1 Å². The Morgan fingerprint density at radius 3 is 2.71 bits per heavy atom. The molecule has 0 aliphatic carbocycles. The molecule has 0 fully saturated rings. The number of amides is 1. The van der Waals surface area contributed by atoms with Crippen LogP contribution in [0, 0.1) is 11.6 Å². The first-order chi connectivity index (χ1) is 10.1. The molecule has 6 nitrogen and oxygen atoms in total. The molecule has 2 aromatic heterocycles. The van der Waals surface area contributed by atoms with Gasteiger partial charge in [-0.1, -0.05) is 0 Å². The van der Waals surface area contributed by atoms with E-state index in [1.807, 2.05) is 0 Å². The number of nitrogens with one attached hydrogen (secondary N) is 2. The van der Waals surface area contributed by atoms with Crippen LogP contribution in [0.25, 0.3) is 0 Å². The van der Waals surface area contributed by atoms with Crippen molar-refractivity contribution in [2.24, 2.45) is 0 Å². The minimum atomic E-state index is -0.838. The molecule has 0 radical (unpaired) electrons. The van der Waals surface area contributed by atoms with Crippen molar-refractivity contribution in [3.63, 3.8) is 0 Å². The van der Waals surface area contributed by atoms with Crippen molar-refractivity contribution in [3.05, 3.63) is 47.8 Å². The first kappa shape index (κ1) is 14.8. The van der Waals surface area contributed by atoms with Gasteiger partial charge < -0.3 is 5.32 Å². The van der Waals surface area contributed by atoms with Gasteiger partial charge in [0.05, 0.1) is 18.4 Å². The van der Waals surface area contributed by atoms with Crippen LogP contribution in [0.4, 0.5) is 20.4 Å². The molecule has 0 aliphatic rings. The second-order valence-corrected chi connectivity index (χ2v) is 3.91. The molecule has 110 valence electrons. The number of hydrogen-bond acceptors (Lipinski definition) is 5. The summed E-state index contributed by atoms with van der Waals surface area (Å²) >= 11 is 0. The Morgan fingerprint density at radius 2 is 2.10 bits per heavy atom. The van der Waals surface area contributed by atoms with Crippen LogP contribution in [0.15, 0.2) is 30.6 Å². The van der Waals surface area contributed by atoms with E-state index in [0.29, 0.717) is 12.7 Å². The maximum absolute atomic E-state index is 13.4. The topological polar surface area (TPSA) is 76.1 Å². The van der Waals surface area contributed by atoms with E-state index in [1.165, 1.54) is 18.3 Å². The predicted octanol–water partition coefficient (Wildman–Crippen LogP) is 2.18. The van der Waals surface area contributed by atoms with Gasteiger partial charge in [-0.25, -0.2) is 24.2 Å². The quantitative estimate of drug-likeness (QED) is 0.827. The lowest BCUT2D eigenvalue weighted by Crippen LogP contribution is -2.23. The Balaban J connectivity index is 2.07. The minimum Gasteiger partial charge on any atom is -0.322 e. The van der Waals surface area contributed by atoms with Crippen LogP contribution in [0.3, 0.4) is 0 Å². The molecular weight excluding hydrogens is 282 g/mol. The highest BCUT2D eigenvalue weighted by Crippen LogP contribution is 2.16. The summed E-state index contributed by atoms with van der Waals surface area (Å²) in [6, 6.07) is 3.65. The summed E-state index contributed by atoms with van der Waals surface area (Å²) in [6.45, 7) is 2.07. The Morgan fingerprint density at radius 1 is 1.29 bits per heavy atom. The summed E-state index contributed by atoms with van der Waals surface area (Å²) < 4.78 is 26.1. The van der Waals surface area contributed by atoms with Crippen LogP contribution in [0.2, 0.25) is 0 Å². The molecule has 2 N–H and O–H groups in total. The number of hydroxylamine groups is 1. The molecule has 21 heavy (non-hydrogen) atoms. The fourth-order valence-corrected chi connectivity index (χ4v) is 1.43. The average Bonchev–Trinajstić information content (AvgIpc) is 2.48. The number of carbonyl (C=O) groups excluding carboxylic acids is 1. The first-order valence-electron chi connectivity index (χ1n) is 6.06. The number of carbonyl (C=O) groups is 1. The molecule has 0 aliphatic heterocycles. The Labute approximate surface area is 119 Å². The smallest absolute Gasteiger partial charge is 0.276 e. The van der Waals surface area contributed by atoms with Crippen LogP contribution in [-0.4, -0.2) is 22.5 Å². The molecule has 0 unspecified atom stereocenters. The van der Waals surface area contributed by atoms with Crippen LogP contribution in [0.5, 0.6) is 0 Å². The third kappa shape index (κ3) is 3.93. The van der Waals surface area contributed by atoms with E-state index >= 15 is 0 Å². The average molecular weight is 294 g/mol. The number of halogens is 2. The van der Waals surface area contributed by atoms with E-state index in [2.05, 4.69) is 20.8 Å². The van der Waals surface area contributed by atoms with Crippen LogP contribution in [-0.2, 0) is 4.84 Å². The minimum absolute atomic E-state index is 0.157. The van der Waals surface area contributed by atoms with Crippen molar-refractivity contribution >= 4 is 17.5 Å². The SMILES string of the molecule is CCONC(=O)c1ccc(Nc2ncc(F)cc2F)nc1. The van der Waals surface area contributed by atoms with Crippen LogP contribution in [0.1, 0.15) is 17.3 Å². The zero-order valence-corrected chi connectivity index (χ0v) is 11.1. The van der Waals surface area contributed by atoms with E-state index in [9.17, 15) is 13.6 Å². The normalized spacial score (nSPS) is 10.2. The van der Waals surface area contributed by atoms with Crippen LogP contribution < -0.4 is 10.8 Å². The Hall–Kier alpha value is -2.61. The standard InChI is InChI=1S/C13H12F2N4O2/c1-2-21-19-13(20)8-3-4-11(16-6-8)18-12-10(15)5-9(14)7-17-12/h3-7H,2H2,1H3,(H,19,20)(H,16,17,18). The first-order valence-corrected chi connectivity index (χ1v) is 6.06. The van der Waals surface area contributed by atoms with Gasteiger partial charge in [0.2, 0.25) is 0 Å². The zero-order valence-electron chi connectivity index (χ0n) is 11.1. The summed E-state index contributed by atoms with van der Waals surface area (Å²) in [5.74, 6) is -1.94. The van der Waals surface area contributed by atoms with E-state index in [-0.39, 0.29) is 17.2 Å². The maximum atomic E-state index is 13.4. The predicted molar refractivity (Wildman–Crippen MR) is 70.8 cm³/mol. The van der Waals surface area contributed by atoms with Gasteiger partial charge in [0, 0.05) is 12.3 Å². The van der Waals surface area contributed by atoms with Crippen molar-refractivity contribution in [2.45, 2.75) is 6.92 Å². The second kappa shape index (κ2) is 6.71. The number of hydrogen-bond donors (Lipinski definition) is 2. The Bertz CT molecular complexity index is 635. The summed E-state index contributed by atoms with van der Waals surface area (Å²) in [5.41, 5.74) is 2.50. The van der Waals surface area contributed by atoms with E-state index in [0.717, 1.165) is 6.20 Å². The lowest BCUT2D eigenvalue weighted by molar-refractivity contribution is 0.0364. The van der Waals surface area contributed by atoms with Crippen molar-refractivity contribution in [1.82, 2.24) is 15.4 Å². The summed E-state index contributed by atoms with van der Waals surface area (Å²) in [5, 5.41) is 2.58. The number of nitrogens with zero attached hydrogens (tertiary/aromatic N) is 2. The van der Waals surface area contributed by atoms with Crippen LogP contribution >= 0.6 is 0 Å². The highest BCUT2D eigenvalue weighted by molar-refractivity contribution is 5.93. The molecule has 2 aromatic rings. The van der Waals surface area contributed by atoms with Gasteiger partial charge in [0.1, 0.15) is 11.6 Å². The fourth-order valence-electron chi connectivity index (χ4n) is 1.43. The van der Waals surface area contributed by atoms with E-state index in [4.69, 9.17) is 4.84 Å². The monoisotopic (exact) mass is 294 g/mol. The van der Waals surface area contributed by atoms with Gasteiger partial charge in [-0.15, -0.1) is 0 Å². The maximum Gasteiger partial charge on any atom is 0.276 e. The number of aromatic nitrogens is 2. The van der Waals surface area contributed by atoms with E-state index < -0.39 is 17.5 Å². The molecule has 0 bridgehead atoms. The van der Waals surface area contributed by atoms with Crippen molar-refractivity contribution in [3.8, 4) is 0 Å². The second-order valence-electron chi connectivity index (χ2n) is 3.91. The largest absolute Gasteiger partial charge is 0.322 e. The summed E-state index contributed by atoms with van der Waals surface area (Å²) in [7, 11) is 0. The number of rotatable bonds is 5. The molecule has 8 heteroatoms. The summed E-state index contributed by atoms with van der Waals surface area (Å²) in [4.78, 5) is 23.8. The zero-order chi connectivity index (χ0) is 15.2. The third-order valence-corrected chi connectivity index (χ3v) is 2.39. The molecule has 2 heterocycles. The van der Waals surface area contributed by atoms with Gasteiger partial charge >= 0.3 is 0 Å². The molecule has 1 amide bonds. The molecule has 2 rings (SSSR count). The number of pyridine rings is 2. The van der Waals surface area contributed by atoms with Crippen molar-refractivity contribution in [1.29, 1.82) is 0 Å². The van der Waals surface area contributed by atoms with Crippen molar-refractivity contribution in [2.75, 3.05) is 11.9 Å². The highest BCUT2D eigenvalue weighted by atomic mass is 19.1. The number of anilines is 2. The van der Waals surface area contributed by atoms with E-state index in [1.54, 1.807) is 6.92 Å². The molecule has 0 saturated heterocycles. The fraction of sp³-hybridized carbons (Fsp3) is 0.154.